The molecule has 0 saturated heterocycles. The molecule has 0 bridgehead atoms. The van der Waals surface area contributed by atoms with Crippen molar-refractivity contribution < 1.29 is 0 Å². The maximum Gasteiger partial charge on any atom is 0.185 e. The summed E-state index contributed by atoms with van der Waals surface area (Å²) in [5.41, 5.74) is 10.3. The summed E-state index contributed by atoms with van der Waals surface area (Å²) in [6.07, 6.45) is 0. The van der Waals surface area contributed by atoms with Crippen molar-refractivity contribution in [3.8, 4) is 0 Å². The number of thioether (sulfide) groups is 1. The van der Waals surface area contributed by atoms with Crippen LogP contribution in [0.15, 0.2) is 4.99 Å². The molecule has 0 aliphatic rings. The Bertz CT molecular complexity index is 119. The standard InChI is InChI=1S/C7H17N3S/c1-6(2)5-11-4-3-10-7(8)9/h6H,3-5H2,1-2H3,(H4,8,9,10). The SMILES string of the molecule is CC(C)CSCCN=C(N)N. The lowest BCUT2D eigenvalue weighted by atomic mass is 10.3. The van der Waals surface area contributed by atoms with E-state index in [2.05, 4.69) is 18.8 Å². The first-order valence-electron chi connectivity index (χ1n) is 3.76. The van der Waals surface area contributed by atoms with Gasteiger partial charge in [0.2, 0.25) is 0 Å². The van der Waals surface area contributed by atoms with Crippen LogP contribution in [0.1, 0.15) is 13.8 Å². The molecule has 0 rings (SSSR count). The second kappa shape index (κ2) is 6.34. The van der Waals surface area contributed by atoms with Gasteiger partial charge in [-0.25, -0.2) is 0 Å². The van der Waals surface area contributed by atoms with Crippen LogP contribution in [0.5, 0.6) is 0 Å². The van der Waals surface area contributed by atoms with Gasteiger partial charge in [0, 0.05) is 5.75 Å². The fourth-order valence-electron chi connectivity index (χ4n) is 0.558. The van der Waals surface area contributed by atoms with Gasteiger partial charge in [-0.2, -0.15) is 11.8 Å². The summed E-state index contributed by atoms with van der Waals surface area (Å²) in [6, 6.07) is 0. The predicted molar refractivity (Wildman–Crippen MR) is 52.8 cm³/mol. The van der Waals surface area contributed by atoms with Gasteiger partial charge in [-0.05, 0) is 11.7 Å². The van der Waals surface area contributed by atoms with Crippen LogP contribution in [0.4, 0.5) is 0 Å². The third kappa shape index (κ3) is 9.62. The number of aliphatic imine (C=N–C) groups is 1. The molecule has 0 aromatic heterocycles. The van der Waals surface area contributed by atoms with Crippen molar-refractivity contribution in [1.82, 2.24) is 0 Å². The third-order valence-corrected chi connectivity index (χ3v) is 2.35. The summed E-state index contributed by atoms with van der Waals surface area (Å²) in [7, 11) is 0. The average molecular weight is 175 g/mol. The molecule has 0 unspecified atom stereocenters. The average Bonchev–Trinajstić information content (AvgIpc) is 1.85. The van der Waals surface area contributed by atoms with E-state index in [1.165, 1.54) is 5.75 Å². The van der Waals surface area contributed by atoms with Crippen LogP contribution in [-0.2, 0) is 0 Å². The molecule has 0 heterocycles. The molecule has 0 saturated carbocycles. The second-order valence-electron chi connectivity index (χ2n) is 2.78. The van der Waals surface area contributed by atoms with Crippen LogP contribution in [0.25, 0.3) is 0 Å². The fourth-order valence-corrected chi connectivity index (χ4v) is 1.42. The summed E-state index contributed by atoms with van der Waals surface area (Å²) in [5, 5.41) is 0. The first-order valence-corrected chi connectivity index (χ1v) is 4.91. The molecule has 0 aliphatic carbocycles. The number of guanidine groups is 1. The van der Waals surface area contributed by atoms with Gasteiger partial charge in [0.25, 0.3) is 0 Å². The van der Waals surface area contributed by atoms with Crippen LogP contribution < -0.4 is 11.5 Å². The maximum absolute atomic E-state index is 5.15. The van der Waals surface area contributed by atoms with Crippen molar-refractivity contribution in [2.24, 2.45) is 22.4 Å². The molecule has 4 N–H and O–H groups in total. The van der Waals surface area contributed by atoms with Crippen LogP contribution in [-0.4, -0.2) is 24.0 Å². The Kier molecular flexibility index (Phi) is 6.12. The van der Waals surface area contributed by atoms with Crippen LogP contribution in [0.3, 0.4) is 0 Å². The Morgan fingerprint density at radius 2 is 2.09 bits per heavy atom. The second-order valence-corrected chi connectivity index (χ2v) is 3.93. The van der Waals surface area contributed by atoms with Crippen LogP contribution >= 0.6 is 11.8 Å². The van der Waals surface area contributed by atoms with Gasteiger partial charge < -0.3 is 11.5 Å². The Balaban J connectivity index is 3.09. The largest absolute Gasteiger partial charge is 0.370 e. The monoisotopic (exact) mass is 175 g/mol. The summed E-state index contributed by atoms with van der Waals surface area (Å²) in [6.45, 7) is 5.14. The van der Waals surface area contributed by atoms with E-state index in [4.69, 9.17) is 11.5 Å². The molecular formula is C7H17N3S. The van der Waals surface area contributed by atoms with E-state index in [9.17, 15) is 0 Å². The quantitative estimate of drug-likeness (QED) is 0.366. The van der Waals surface area contributed by atoms with Gasteiger partial charge in [-0.15, -0.1) is 0 Å². The van der Waals surface area contributed by atoms with Gasteiger partial charge in [-0.3, -0.25) is 4.99 Å². The topological polar surface area (TPSA) is 64.4 Å². The van der Waals surface area contributed by atoms with Crippen molar-refractivity contribution in [3.63, 3.8) is 0 Å². The van der Waals surface area contributed by atoms with E-state index in [1.54, 1.807) is 0 Å². The number of nitrogens with two attached hydrogens (primary N) is 2. The highest BCUT2D eigenvalue weighted by molar-refractivity contribution is 7.99. The minimum Gasteiger partial charge on any atom is -0.370 e. The minimum absolute atomic E-state index is 0.190. The zero-order valence-corrected chi connectivity index (χ0v) is 8.03. The first-order chi connectivity index (χ1) is 5.13. The van der Waals surface area contributed by atoms with E-state index in [0.717, 1.165) is 18.2 Å². The fraction of sp³-hybridized carbons (Fsp3) is 0.857. The molecule has 11 heavy (non-hydrogen) atoms. The zero-order valence-electron chi connectivity index (χ0n) is 7.21. The maximum atomic E-state index is 5.15. The molecule has 3 nitrogen and oxygen atoms in total. The summed E-state index contributed by atoms with van der Waals surface area (Å²) < 4.78 is 0. The van der Waals surface area contributed by atoms with Gasteiger partial charge in [0.15, 0.2) is 5.96 Å². The Labute approximate surface area is 72.6 Å². The molecule has 0 spiro atoms. The molecule has 0 amide bonds. The zero-order chi connectivity index (χ0) is 8.69. The van der Waals surface area contributed by atoms with Crippen molar-refractivity contribution in [2.75, 3.05) is 18.1 Å². The Morgan fingerprint density at radius 1 is 1.45 bits per heavy atom. The van der Waals surface area contributed by atoms with Crippen molar-refractivity contribution in [2.45, 2.75) is 13.8 Å². The lowest BCUT2D eigenvalue weighted by Crippen LogP contribution is -2.23. The van der Waals surface area contributed by atoms with Crippen LogP contribution in [0.2, 0.25) is 0 Å². The molecule has 0 fully saturated rings. The molecular weight excluding hydrogens is 158 g/mol. The molecule has 0 aromatic carbocycles. The van der Waals surface area contributed by atoms with Crippen molar-refractivity contribution >= 4 is 17.7 Å². The van der Waals surface area contributed by atoms with Crippen molar-refractivity contribution in [3.05, 3.63) is 0 Å². The normalized spacial score (nSPS) is 10.1. The molecule has 0 aliphatic heterocycles. The van der Waals surface area contributed by atoms with Gasteiger partial charge in [-0.1, -0.05) is 13.8 Å². The highest BCUT2D eigenvalue weighted by Gasteiger charge is 1.92. The van der Waals surface area contributed by atoms with Gasteiger partial charge >= 0.3 is 0 Å². The predicted octanol–water partition coefficient (Wildman–Crippen LogP) is 0.649. The molecule has 0 radical (unpaired) electrons. The first kappa shape index (κ1) is 10.6. The minimum atomic E-state index is 0.190. The lowest BCUT2D eigenvalue weighted by Gasteiger charge is -2.01. The van der Waals surface area contributed by atoms with Crippen LogP contribution in [0, 0.1) is 5.92 Å². The molecule has 4 heteroatoms. The van der Waals surface area contributed by atoms with Crippen molar-refractivity contribution in [1.29, 1.82) is 0 Å². The highest BCUT2D eigenvalue weighted by atomic mass is 32.2. The van der Waals surface area contributed by atoms with E-state index in [-0.39, 0.29) is 5.96 Å². The molecule has 0 aromatic rings. The highest BCUT2D eigenvalue weighted by Crippen LogP contribution is 2.06. The summed E-state index contributed by atoms with van der Waals surface area (Å²) >= 11 is 1.89. The van der Waals surface area contributed by atoms with E-state index in [1.807, 2.05) is 11.8 Å². The Hall–Kier alpha value is -0.380. The number of hydrogen-bond donors (Lipinski definition) is 2. The Morgan fingerprint density at radius 3 is 2.55 bits per heavy atom. The molecule has 66 valence electrons. The summed E-state index contributed by atoms with van der Waals surface area (Å²) in [4.78, 5) is 3.87. The molecule has 0 atom stereocenters. The number of hydrogen-bond acceptors (Lipinski definition) is 2. The number of nitrogens with zero attached hydrogens (tertiary/aromatic N) is 1. The van der Waals surface area contributed by atoms with Gasteiger partial charge in [0.1, 0.15) is 0 Å². The lowest BCUT2D eigenvalue weighted by molar-refractivity contribution is 0.750. The smallest absolute Gasteiger partial charge is 0.185 e. The third-order valence-electron chi connectivity index (χ3n) is 0.981. The van der Waals surface area contributed by atoms with E-state index >= 15 is 0 Å². The number of rotatable bonds is 5. The summed E-state index contributed by atoms with van der Waals surface area (Å²) in [5.74, 6) is 3.13. The van der Waals surface area contributed by atoms with E-state index in [0.29, 0.717) is 0 Å². The van der Waals surface area contributed by atoms with Gasteiger partial charge in [0.05, 0.1) is 6.54 Å². The van der Waals surface area contributed by atoms with E-state index < -0.39 is 0 Å².